The second-order valence-electron chi connectivity index (χ2n) is 3.82. The van der Waals surface area contributed by atoms with Gasteiger partial charge in [0.15, 0.2) is 0 Å². The Morgan fingerprint density at radius 3 is 2.75 bits per heavy atom. The Morgan fingerprint density at radius 2 is 2.12 bits per heavy atom. The predicted octanol–water partition coefficient (Wildman–Crippen LogP) is -2.93. The Balaban J connectivity index is 2.13. The van der Waals surface area contributed by atoms with Crippen LogP contribution in [-0.2, 0) is 0 Å². The Morgan fingerprint density at radius 1 is 1.31 bits per heavy atom. The molecule has 16 heavy (non-hydrogen) atoms. The van der Waals surface area contributed by atoms with E-state index in [0.717, 1.165) is 6.54 Å². The Bertz CT molecular complexity index is 208. The summed E-state index contributed by atoms with van der Waals surface area (Å²) in [6, 6.07) is 0. The molecule has 3 atom stereocenters. The van der Waals surface area contributed by atoms with Gasteiger partial charge in [0.25, 0.3) is 0 Å². The van der Waals surface area contributed by atoms with Crippen LogP contribution in [0.1, 0.15) is 6.42 Å². The molecule has 7 nitrogen and oxygen atoms in total. The summed E-state index contributed by atoms with van der Waals surface area (Å²) in [4.78, 5) is 0. The SMILES string of the molecule is NCCN[C@H](N)CC(N)NC1CNC=CN1. The fourth-order valence-electron chi connectivity index (χ4n) is 1.53. The van der Waals surface area contributed by atoms with Crippen LogP contribution in [0.25, 0.3) is 0 Å². The molecule has 0 bridgehead atoms. The van der Waals surface area contributed by atoms with E-state index >= 15 is 0 Å². The minimum Gasteiger partial charge on any atom is -0.386 e. The van der Waals surface area contributed by atoms with Crippen molar-refractivity contribution in [2.45, 2.75) is 24.9 Å². The highest BCUT2D eigenvalue weighted by Crippen LogP contribution is 1.91. The monoisotopic (exact) mass is 229 g/mol. The van der Waals surface area contributed by atoms with Gasteiger partial charge in [-0.3, -0.25) is 5.32 Å². The van der Waals surface area contributed by atoms with E-state index in [1.165, 1.54) is 0 Å². The van der Waals surface area contributed by atoms with E-state index in [9.17, 15) is 0 Å². The van der Waals surface area contributed by atoms with Crippen molar-refractivity contribution in [3.8, 4) is 0 Å². The van der Waals surface area contributed by atoms with E-state index in [0.29, 0.717) is 19.5 Å². The molecule has 1 rings (SSSR count). The van der Waals surface area contributed by atoms with Crippen molar-refractivity contribution in [2.24, 2.45) is 17.2 Å². The molecule has 1 aliphatic rings. The third kappa shape index (κ3) is 5.29. The number of hydrogen-bond acceptors (Lipinski definition) is 7. The molecular weight excluding hydrogens is 206 g/mol. The highest BCUT2D eigenvalue weighted by Gasteiger charge is 2.14. The molecule has 0 aromatic carbocycles. The van der Waals surface area contributed by atoms with Gasteiger partial charge in [-0.2, -0.15) is 0 Å². The van der Waals surface area contributed by atoms with Gasteiger partial charge in [-0.25, -0.2) is 0 Å². The van der Waals surface area contributed by atoms with Gasteiger partial charge in [0, 0.05) is 38.5 Å². The summed E-state index contributed by atoms with van der Waals surface area (Å²) >= 11 is 0. The number of nitrogens with two attached hydrogens (primary N) is 3. The summed E-state index contributed by atoms with van der Waals surface area (Å²) in [5.74, 6) is 0. The van der Waals surface area contributed by atoms with Crippen molar-refractivity contribution in [3.63, 3.8) is 0 Å². The van der Waals surface area contributed by atoms with E-state index < -0.39 is 0 Å². The maximum atomic E-state index is 5.92. The van der Waals surface area contributed by atoms with Crippen molar-refractivity contribution in [3.05, 3.63) is 12.4 Å². The molecule has 0 amide bonds. The number of hydrogen-bond donors (Lipinski definition) is 7. The second kappa shape index (κ2) is 7.42. The second-order valence-corrected chi connectivity index (χ2v) is 3.82. The molecule has 7 heteroatoms. The lowest BCUT2D eigenvalue weighted by atomic mass is 10.2. The first-order valence-corrected chi connectivity index (χ1v) is 5.57. The van der Waals surface area contributed by atoms with Gasteiger partial charge >= 0.3 is 0 Å². The maximum absolute atomic E-state index is 5.92. The largest absolute Gasteiger partial charge is 0.386 e. The molecule has 0 spiro atoms. The molecule has 2 unspecified atom stereocenters. The normalized spacial score (nSPS) is 23.3. The molecular formula is C9H23N7. The standard InChI is InChI=1S/C9H23N7/c10-1-2-14-7(11)5-8(12)16-9-6-13-3-4-15-9/h3-4,7-9,13-16H,1-2,5-6,10-12H2/t7-,8?,9?/m0/s1. The molecule has 10 N–H and O–H groups in total. The van der Waals surface area contributed by atoms with Crippen LogP contribution in [0.5, 0.6) is 0 Å². The predicted molar refractivity (Wildman–Crippen MR) is 64.8 cm³/mol. The third-order valence-electron chi connectivity index (χ3n) is 2.29. The van der Waals surface area contributed by atoms with Crippen LogP contribution in [0.15, 0.2) is 12.4 Å². The van der Waals surface area contributed by atoms with E-state index in [2.05, 4.69) is 21.3 Å². The van der Waals surface area contributed by atoms with Gasteiger partial charge < -0.3 is 33.2 Å². The summed E-state index contributed by atoms with van der Waals surface area (Å²) in [7, 11) is 0. The minimum atomic E-state index is -0.147. The Kier molecular flexibility index (Phi) is 6.12. The average Bonchev–Trinajstić information content (AvgIpc) is 2.27. The van der Waals surface area contributed by atoms with Gasteiger partial charge in [0.1, 0.15) is 0 Å². The first kappa shape index (κ1) is 13.2. The Hall–Kier alpha value is -0.860. The third-order valence-corrected chi connectivity index (χ3v) is 2.29. The fourth-order valence-corrected chi connectivity index (χ4v) is 1.53. The zero-order valence-electron chi connectivity index (χ0n) is 9.45. The fraction of sp³-hybridized carbons (Fsp3) is 0.778. The van der Waals surface area contributed by atoms with Gasteiger partial charge in [0.05, 0.1) is 18.5 Å². The molecule has 0 saturated heterocycles. The van der Waals surface area contributed by atoms with Crippen molar-refractivity contribution >= 4 is 0 Å². The maximum Gasteiger partial charge on any atom is 0.0953 e. The molecule has 94 valence electrons. The summed E-state index contributed by atoms with van der Waals surface area (Å²) in [6.07, 6.45) is 4.23. The van der Waals surface area contributed by atoms with Crippen LogP contribution in [-0.4, -0.2) is 38.1 Å². The summed E-state index contributed by atoms with van der Waals surface area (Å²) in [6.45, 7) is 2.09. The summed E-state index contributed by atoms with van der Waals surface area (Å²) in [5, 5.41) is 12.6. The Labute approximate surface area is 96.2 Å². The highest BCUT2D eigenvalue weighted by molar-refractivity contribution is 4.89. The lowest BCUT2D eigenvalue weighted by molar-refractivity contribution is 0.342. The number of rotatable bonds is 7. The molecule has 1 aliphatic heterocycles. The average molecular weight is 229 g/mol. The van der Waals surface area contributed by atoms with Crippen molar-refractivity contribution in [1.82, 2.24) is 21.3 Å². The van der Waals surface area contributed by atoms with Crippen molar-refractivity contribution in [2.75, 3.05) is 19.6 Å². The topological polar surface area (TPSA) is 126 Å². The highest BCUT2D eigenvalue weighted by atomic mass is 15.2. The van der Waals surface area contributed by atoms with Gasteiger partial charge in [-0.15, -0.1) is 0 Å². The smallest absolute Gasteiger partial charge is 0.0953 e. The van der Waals surface area contributed by atoms with Crippen molar-refractivity contribution < 1.29 is 0 Å². The van der Waals surface area contributed by atoms with Crippen LogP contribution >= 0.6 is 0 Å². The zero-order valence-corrected chi connectivity index (χ0v) is 9.45. The minimum absolute atomic E-state index is 0.127. The molecule has 0 saturated carbocycles. The van der Waals surface area contributed by atoms with Crippen LogP contribution in [0, 0.1) is 0 Å². The molecule has 0 fully saturated rings. The van der Waals surface area contributed by atoms with Gasteiger partial charge in [0.2, 0.25) is 0 Å². The lowest BCUT2D eigenvalue weighted by Gasteiger charge is -2.27. The zero-order chi connectivity index (χ0) is 11.8. The van der Waals surface area contributed by atoms with Crippen LogP contribution < -0.4 is 38.5 Å². The van der Waals surface area contributed by atoms with Gasteiger partial charge in [-0.1, -0.05) is 0 Å². The van der Waals surface area contributed by atoms with Crippen molar-refractivity contribution in [1.29, 1.82) is 0 Å². The molecule has 0 aromatic heterocycles. The summed E-state index contributed by atoms with van der Waals surface area (Å²) < 4.78 is 0. The van der Waals surface area contributed by atoms with E-state index in [-0.39, 0.29) is 18.5 Å². The van der Waals surface area contributed by atoms with Crippen LogP contribution in [0.4, 0.5) is 0 Å². The van der Waals surface area contributed by atoms with E-state index in [1.807, 2.05) is 12.4 Å². The van der Waals surface area contributed by atoms with Crippen LogP contribution in [0.2, 0.25) is 0 Å². The molecule has 0 aliphatic carbocycles. The molecule has 0 radical (unpaired) electrons. The van der Waals surface area contributed by atoms with Crippen LogP contribution in [0.3, 0.4) is 0 Å². The van der Waals surface area contributed by atoms with Gasteiger partial charge in [-0.05, 0) is 0 Å². The summed E-state index contributed by atoms with van der Waals surface area (Å²) in [5.41, 5.74) is 17.1. The first-order chi connectivity index (χ1) is 7.72. The van der Waals surface area contributed by atoms with E-state index in [1.54, 1.807) is 0 Å². The lowest BCUT2D eigenvalue weighted by Crippen LogP contribution is -2.57. The number of nitrogens with one attached hydrogen (secondary N) is 4. The molecule has 1 heterocycles. The molecule has 0 aromatic rings. The van der Waals surface area contributed by atoms with E-state index in [4.69, 9.17) is 17.2 Å². The first-order valence-electron chi connectivity index (χ1n) is 5.57. The quantitative estimate of drug-likeness (QED) is 0.233.